The van der Waals surface area contributed by atoms with E-state index in [1.54, 1.807) is 36.4 Å². The summed E-state index contributed by atoms with van der Waals surface area (Å²) >= 11 is 0. The fourth-order valence-corrected chi connectivity index (χ4v) is 2.63. The number of rotatable bonds is 2. The largest absolute Gasteiger partial charge is 0.324 e. The summed E-state index contributed by atoms with van der Waals surface area (Å²) < 4.78 is 0. The highest BCUT2D eigenvalue weighted by molar-refractivity contribution is 6.42. The number of hydrogen-bond donors (Lipinski definition) is 3. The van der Waals surface area contributed by atoms with Gasteiger partial charge in [-0.15, -0.1) is 0 Å². The molecule has 0 saturated heterocycles. The molecule has 0 aliphatic carbocycles. The predicted octanol–water partition coefficient (Wildman–Crippen LogP) is 1.37. The number of para-hydroxylation sites is 3. The third-order valence-corrected chi connectivity index (χ3v) is 3.86. The van der Waals surface area contributed by atoms with Crippen molar-refractivity contribution in [3.8, 4) is 0 Å². The number of amides is 3. The van der Waals surface area contributed by atoms with Gasteiger partial charge in [0.25, 0.3) is 5.91 Å². The zero-order valence-corrected chi connectivity index (χ0v) is 14.0. The molecular weight excluding hydrogens is 348 g/mol. The molecule has 0 fully saturated rings. The zero-order chi connectivity index (χ0) is 18.8. The third kappa shape index (κ3) is 3.38. The van der Waals surface area contributed by atoms with Crippen LogP contribution in [0.2, 0.25) is 0 Å². The molecular formula is C18H14N6O3. The van der Waals surface area contributed by atoms with Gasteiger partial charge >= 0.3 is 11.8 Å². The quantitative estimate of drug-likeness (QED) is 0.596. The summed E-state index contributed by atoms with van der Waals surface area (Å²) in [5.74, 6) is -1.88. The molecule has 0 spiro atoms. The fraction of sp³-hybridized carbons (Fsp3) is 0.0556. The van der Waals surface area contributed by atoms with Crippen LogP contribution in [0.1, 0.15) is 6.42 Å². The maximum Gasteiger partial charge on any atom is 0.316 e. The van der Waals surface area contributed by atoms with Crippen molar-refractivity contribution >= 4 is 46.2 Å². The molecule has 3 aromatic rings. The van der Waals surface area contributed by atoms with Crippen LogP contribution in [0.4, 0.5) is 11.6 Å². The van der Waals surface area contributed by atoms with Crippen molar-refractivity contribution in [1.82, 2.24) is 15.3 Å². The van der Waals surface area contributed by atoms with E-state index in [0.29, 0.717) is 11.2 Å². The van der Waals surface area contributed by atoms with E-state index in [1.165, 1.54) is 5.01 Å². The Morgan fingerprint density at radius 3 is 2.44 bits per heavy atom. The third-order valence-electron chi connectivity index (χ3n) is 3.86. The van der Waals surface area contributed by atoms with Gasteiger partial charge in [0.15, 0.2) is 0 Å². The Morgan fingerprint density at radius 1 is 0.963 bits per heavy atom. The van der Waals surface area contributed by atoms with Crippen molar-refractivity contribution in [3.05, 3.63) is 54.6 Å². The van der Waals surface area contributed by atoms with Gasteiger partial charge in [0.2, 0.25) is 5.95 Å². The highest BCUT2D eigenvalue weighted by Crippen LogP contribution is 2.19. The van der Waals surface area contributed by atoms with Gasteiger partial charge in [-0.3, -0.25) is 19.7 Å². The van der Waals surface area contributed by atoms with Crippen LogP contribution in [0.5, 0.6) is 0 Å². The van der Waals surface area contributed by atoms with E-state index in [2.05, 4.69) is 25.7 Å². The first-order chi connectivity index (χ1) is 13.1. The van der Waals surface area contributed by atoms with Crippen LogP contribution in [-0.2, 0) is 14.4 Å². The smallest absolute Gasteiger partial charge is 0.316 e. The molecule has 1 aliphatic rings. The summed E-state index contributed by atoms with van der Waals surface area (Å²) in [6, 6.07) is 16.0. The first-order valence-corrected chi connectivity index (χ1v) is 8.13. The fourth-order valence-electron chi connectivity index (χ4n) is 2.63. The molecule has 134 valence electrons. The van der Waals surface area contributed by atoms with Gasteiger partial charge in [0.1, 0.15) is 5.84 Å². The molecule has 9 heteroatoms. The number of benzene rings is 2. The molecule has 27 heavy (non-hydrogen) atoms. The number of anilines is 2. The molecule has 0 unspecified atom stereocenters. The number of amidine groups is 1. The lowest BCUT2D eigenvalue weighted by Gasteiger charge is -2.10. The van der Waals surface area contributed by atoms with Gasteiger partial charge in [0.05, 0.1) is 23.1 Å². The second-order valence-corrected chi connectivity index (χ2v) is 5.78. The minimum Gasteiger partial charge on any atom is -0.324 e. The number of carbonyl (C=O) groups is 3. The number of hydrazone groups is 1. The Kier molecular flexibility index (Phi) is 4.09. The number of aromatic nitrogens is 2. The molecule has 1 aromatic heterocycles. The molecule has 4 rings (SSSR count). The summed E-state index contributed by atoms with van der Waals surface area (Å²) in [4.78, 5) is 43.3. The lowest BCUT2D eigenvalue weighted by atomic mass is 10.3. The highest BCUT2D eigenvalue weighted by Gasteiger charge is 2.28. The summed E-state index contributed by atoms with van der Waals surface area (Å²) in [5.41, 5.74) is 1.98. The number of fused-ring (bicyclic) bond motifs is 1. The van der Waals surface area contributed by atoms with Gasteiger partial charge in [-0.1, -0.05) is 30.3 Å². The first kappa shape index (κ1) is 16.5. The van der Waals surface area contributed by atoms with E-state index >= 15 is 0 Å². The number of aromatic amines is 1. The molecule has 0 radical (unpaired) electrons. The summed E-state index contributed by atoms with van der Waals surface area (Å²) in [7, 11) is 0. The van der Waals surface area contributed by atoms with Crippen LogP contribution in [0.3, 0.4) is 0 Å². The SMILES string of the molecule is O=C(NC1=NN(c2ccccc2)C(=O)C1)C(=O)Nc1nc2ccccc2[nH]1. The van der Waals surface area contributed by atoms with Crippen LogP contribution in [0, 0.1) is 0 Å². The average molecular weight is 362 g/mol. The van der Waals surface area contributed by atoms with Gasteiger partial charge in [-0.05, 0) is 24.3 Å². The van der Waals surface area contributed by atoms with Crippen molar-refractivity contribution in [2.75, 3.05) is 10.3 Å². The maximum atomic E-state index is 12.1. The minimum absolute atomic E-state index is 0.0987. The monoisotopic (exact) mass is 362 g/mol. The minimum atomic E-state index is -0.933. The molecule has 0 atom stereocenters. The summed E-state index contributed by atoms with van der Waals surface area (Å²) in [6.07, 6.45) is -0.0987. The van der Waals surface area contributed by atoms with Gasteiger partial charge in [-0.2, -0.15) is 10.1 Å². The van der Waals surface area contributed by atoms with Crippen LogP contribution in [0.25, 0.3) is 11.0 Å². The van der Waals surface area contributed by atoms with Crippen molar-refractivity contribution in [1.29, 1.82) is 0 Å². The summed E-state index contributed by atoms with van der Waals surface area (Å²) in [6.45, 7) is 0. The van der Waals surface area contributed by atoms with E-state index in [1.807, 2.05) is 18.2 Å². The maximum absolute atomic E-state index is 12.1. The number of nitrogens with zero attached hydrogens (tertiary/aromatic N) is 3. The van der Waals surface area contributed by atoms with E-state index in [-0.39, 0.29) is 24.1 Å². The lowest BCUT2D eigenvalue weighted by Crippen LogP contribution is -2.39. The Labute approximate surface area is 153 Å². The molecule has 3 N–H and O–H groups in total. The predicted molar refractivity (Wildman–Crippen MR) is 98.8 cm³/mol. The average Bonchev–Trinajstić information content (AvgIpc) is 3.24. The second-order valence-electron chi connectivity index (χ2n) is 5.78. The van der Waals surface area contributed by atoms with Gasteiger partial charge in [-0.25, -0.2) is 4.98 Å². The molecule has 0 bridgehead atoms. The van der Waals surface area contributed by atoms with E-state index in [4.69, 9.17) is 0 Å². The van der Waals surface area contributed by atoms with Crippen LogP contribution in [0.15, 0.2) is 59.7 Å². The zero-order valence-electron chi connectivity index (χ0n) is 14.0. The standard InChI is InChI=1S/C18H14N6O3/c25-15-10-14(23-24(15)11-6-2-1-3-7-11)21-16(26)17(27)22-18-19-12-8-4-5-9-13(12)20-18/h1-9H,10H2,(H,21,23,26)(H2,19,20,22,27). The molecule has 2 aromatic carbocycles. The molecule has 1 aliphatic heterocycles. The van der Waals surface area contributed by atoms with E-state index in [0.717, 1.165) is 5.52 Å². The molecule has 0 saturated carbocycles. The Hall–Kier alpha value is -4.01. The van der Waals surface area contributed by atoms with Crippen molar-refractivity contribution < 1.29 is 14.4 Å². The Balaban J connectivity index is 1.42. The molecule has 2 heterocycles. The van der Waals surface area contributed by atoms with Crippen molar-refractivity contribution in [3.63, 3.8) is 0 Å². The topological polar surface area (TPSA) is 120 Å². The molecule has 9 nitrogen and oxygen atoms in total. The number of H-pyrrole nitrogens is 1. The van der Waals surface area contributed by atoms with Crippen LogP contribution >= 0.6 is 0 Å². The first-order valence-electron chi connectivity index (χ1n) is 8.13. The van der Waals surface area contributed by atoms with E-state index in [9.17, 15) is 14.4 Å². The highest BCUT2D eigenvalue weighted by atomic mass is 16.2. The van der Waals surface area contributed by atoms with E-state index < -0.39 is 11.8 Å². The lowest BCUT2D eigenvalue weighted by molar-refractivity contribution is -0.135. The number of imidazole rings is 1. The van der Waals surface area contributed by atoms with Gasteiger partial charge < -0.3 is 10.3 Å². The normalized spacial score (nSPS) is 13.6. The molecule has 3 amide bonds. The number of nitrogens with one attached hydrogen (secondary N) is 3. The number of carbonyl (C=O) groups excluding carboxylic acids is 3. The Morgan fingerprint density at radius 2 is 1.67 bits per heavy atom. The number of hydrogen-bond acceptors (Lipinski definition) is 5. The van der Waals surface area contributed by atoms with Crippen molar-refractivity contribution in [2.45, 2.75) is 6.42 Å². The van der Waals surface area contributed by atoms with Gasteiger partial charge in [0, 0.05) is 0 Å². The van der Waals surface area contributed by atoms with Crippen LogP contribution in [-0.4, -0.2) is 33.5 Å². The Bertz CT molecular complexity index is 1040. The van der Waals surface area contributed by atoms with Crippen molar-refractivity contribution in [2.24, 2.45) is 5.10 Å². The summed E-state index contributed by atoms with van der Waals surface area (Å²) in [5, 5.41) is 10.0. The van der Waals surface area contributed by atoms with Crippen LogP contribution < -0.4 is 15.6 Å². The second kappa shape index (κ2) is 6.71.